The molecule has 2 aromatic heterocycles. The Labute approximate surface area is 150 Å². The van der Waals surface area contributed by atoms with Crippen molar-refractivity contribution in [2.75, 3.05) is 0 Å². The normalized spacial score (nSPS) is 18.8. The summed E-state index contributed by atoms with van der Waals surface area (Å²) in [5.74, 6) is 1.30. The van der Waals surface area contributed by atoms with E-state index < -0.39 is 0 Å². The van der Waals surface area contributed by atoms with Crippen molar-refractivity contribution in [2.45, 2.75) is 18.3 Å². The molecule has 1 saturated carbocycles. The second-order valence-corrected chi connectivity index (χ2v) is 6.68. The van der Waals surface area contributed by atoms with Crippen LogP contribution in [0.3, 0.4) is 0 Å². The molecule has 4 aromatic rings. The highest BCUT2D eigenvalue weighted by Gasteiger charge is 2.40. The van der Waals surface area contributed by atoms with Crippen molar-refractivity contribution in [1.82, 2.24) is 15.0 Å². The molecule has 5 rings (SSSR count). The van der Waals surface area contributed by atoms with Crippen molar-refractivity contribution >= 4 is 10.8 Å². The standard InChI is InChI=1S/C22H16FN3/c23-15-8-6-14(7-9-15)18-12-19(18)20-13-26-21(22-24-10-3-11-25-22)17-5-2-1-4-16(17)20/h1-11,13,18-19H,12H2. The maximum atomic E-state index is 13.2. The van der Waals surface area contributed by atoms with Crippen molar-refractivity contribution in [3.63, 3.8) is 0 Å². The van der Waals surface area contributed by atoms with Gasteiger partial charge in [0, 0.05) is 24.0 Å². The molecule has 0 N–H and O–H groups in total. The quantitative estimate of drug-likeness (QED) is 0.520. The lowest BCUT2D eigenvalue weighted by Crippen LogP contribution is -1.95. The van der Waals surface area contributed by atoms with Crippen LogP contribution in [0.1, 0.15) is 29.4 Å². The third-order valence-corrected chi connectivity index (χ3v) is 5.09. The van der Waals surface area contributed by atoms with Gasteiger partial charge in [0.05, 0.1) is 0 Å². The Morgan fingerprint density at radius 1 is 0.769 bits per heavy atom. The van der Waals surface area contributed by atoms with E-state index in [1.807, 2.05) is 24.4 Å². The fourth-order valence-electron chi connectivity index (χ4n) is 3.73. The molecule has 0 bridgehead atoms. The lowest BCUT2D eigenvalue weighted by atomic mass is 9.99. The molecule has 0 spiro atoms. The third kappa shape index (κ3) is 2.54. The Balaban J connectivity index is 1.57. The van der Waals surface area contributed by atoms with Gasteiger partial charge in [-0.05, 0) is 53.0 Å². The van der Waals surface area contributed by atoms with Crippen molar-refractivity contribution in [2.24, 2.45) is 0 Å². The van der Waals surface area contributed by atoms with Crippen LogP contribution in [0.5, 0.6) is 0 Å². The average molecular weight is 341 g/mol. The van der Waals surface area contributed by atoms with Gasteiger partial charge in [0.15, 0.2) is 5.82 Å². The molecule has 0 radical (unpaired) electrons. The van der Waals surface area contributed by atoms with Gasteiger partial charge in [-0.1, -0.05) is 36.4 Å². The summed E-state index contributed by atoms with van der Waals surface area (Å²) in [6, 6.07) is 16.9. The second-order valence-electron chi connectivity index (χ2n) is 6.68. The first-order valence-electron chi connectivity index (χ1n) is 8.72. The summed E-state index contributed by atoms with van der Waals surface area (Å²) in [4.78, 5) is 13.4. The van der Waals surface area contributed by atoms with Crippen molar-refractivity contribution in [3.05, 3.63) is 90.1 Å². The van der Waals surface area contributed by atoms with E-state index in [1.54, 1.807) is 18.5 Å². The lowest BCUT2D eigenvalue weighted by Gasteiger charge is -2.10. The number of benzene rings is 2. The summed E-state index contributed by atoms with van der Waals surface area (Å²) in [5.41, 5.74) is 3.24. The molecule has 2 aromatic carbocycles. The Hall–Kier alpha value is -3.14. The van der Waals surface area contributed by atoms with Crippen LogP contribution < -0.4 is 0 Å². The first kappa shape index (κ1) is 15.1. The molecule has 2 atom stereocenters. The molecule has 1 fully saturated rings. The predicted molar refractivity (Wildman–Crippen MR) is 99.3 cm³/mol. The topological polar surface area (TPSA) is 38.7 Å². The zero-order chi connectivity index (χ0) is 17.5. The number of rotatable bonds is 3. The van der Waals surface area contributed by atoms with Crippen LogP contribution in [0.4, 0.5) is 4.39 Å². The van der Waals surface area contributed by atoms with E-state index in [4.69, 9.17) is 4.98 Å². The number of hydrogen-bond acceptors (Lipinski definition) is 3. The molecule has 4 heteroatoms. The van der Waals surface area contributed by atoms with E-state index >= 15 is 0 Å². The molecule has 0 saturated heterocycles. The van der Waals surface area contributed by atoms with Gasteiger partial charge < -0.3 is 0 Å². The minimum Gasteiger partial charge on any atom is -0.252 e. The minimum absolute atomic E-state index is 0.190. The van der Waals surface area contributed by atoms with Crippen LogP contribution in [0, 0.1) is 5.82 Å². The Morgan fingerprint density at radius 2 is 1.50 bits per heavy atom. The van der Waals surface area contributed by atoms with Gasteiger partial charge in [0.2, 0.25) is 0 Å². The van der Waals surface area contributed by atoms with Gasteiger partial charge in [-0.15, -0.1) is 0 Å². The van der Waals surface area contributed by atoms with Gasteiger partial charge in [-0.2, -0.15) is 0 Å². The summed E-state index contributed by atoms with van der Waals surface area (Å²) in [7, 11) is 0. The second kappa shape index (κ2) is 5.99. The molecule has 3 nitrogen and oxygen atoms in total. The molecule has 0 amide bonds. The SMILES string of the molecule is Fc1ccc(C2CC2c2cnc(-c3ncccn3)c3ccccc23)cc1. The van der Waals surface area contributed by atoms with E-state index in [0.29, 0.717) is 17.7 Å². The summed E-state index contributed by atoms with van der Waals surface area (Å²) in [5, 5.41) is 2.26. The lowest BCUT2D eigenvalue weighted by molar-refractivity contribution is 0.627. The van der Waals surface area contributed by atoms with E-state index in [-0.39, 0.29) is 5.82 Å². The summed E-state index contributed by atoms with van der Waals surface area (Å²) in [6.45, 7) is 0. The number of fused-ring (bicyclic) bond motifs is 1. The molecule has 0 aliphatic heterocycles. The predicted octanol–water partition coefficient (Wildman–Crippen LogP) is 5.10. The van der Waals surface area contributed by atoms with E-state index in [1.165, 1.54) is 28.6 Å². The van der Waals surface area contributed by atoms with Crippen LogP contribution in [0.2, 0.25) is 0 Å². The van der Waals surface area contributed by atoms with Crippen LogP contribution >= 0.6 is 0 Å². The van der Waals surface area contributed by atoms with Crippen molar-refractivity contribution in [1.29, 1.82) is 0 Å². The molecule has 1 aliphatic carbocycles. The Kier molecular flexibility index (Phi) is 3.49. The highest BCUT2D eigenvalue weighted by molar-refractivity contribution is 5.95. The Bertz CT molecular complexity index is 1080. The fourth-order valence-corrected chi connectivity index (χ4v) is 3.73. The largest absolute Gasteiger partial charge is 0.252 e. The van der Waals surface area contributed by atoms with Gasteiger partial charge in [-0.25, -0.2) is 14.4 Å². The number of pyridine rings is 1. The van der Waals surface area contributed by atoms with Crippen molar-refractivity contribution in [3.8, 4) is 11.5 Å². The summed E-state index contributed by atoms with van der Waals surface area (Å²) < 4.78 is 13.2. The summed E-state index contributed by atoms with van der Waals surface area (Å²) in [6.07, 6.45) is 6.50. The fraction of sp³-hybridized carbons (Fsp3) is 0.136. The zero-order valence-electron chi connectivity index (χ0n) is 14.0. The molecule has 1 aliphatic rings. The van der Waals surface area contributed by atoms with E-state index in [9.17, 15) is 4.39 Å². The zero-order valence-corrected chi connectivity index (χ0v) is 14.0. The number of aromatic nitrogens is 3. The number of halogens is 1. The molecular formula is C22H16FN3. The van der Waals surface area contributed by atoms with Gasteiger partial charge >= 0.3 is 0 Å². The van der Waals surface area contributed by atoms with E-state index in [0.717, 1.165) is 17.5 Å². The maximum absolute atomic E-state index is 13.2. The molecule has 2 unspecified atom stereocenters. The molecule has 2 heterocycles. The highest BCUT2D eigenvalue weighted by Crippen LogP contribution is 2.56. The van der Waals surface area contributed by atoms with Crippen LogP contribution in [0.15, 0.2) is 73.2 Å². The van der Waals surface area contributed by atoms with Crippen LogP contribution in [0.25, 0.3) is 22.3 Å². The highest BCUT2D eigenvalue weighted by atomic mass is 19.1. The first-order chi connectivity index (χ1) is 12.8. The van der Waals surface area contributed by atoms with Crippen LogP contribution in [-0.2, 0) is 0 Å². The molecule has 126 valence electrons. The van der Waals surface area contributed by atoms with Crippen LogP contribution in [-0.4, -0.2) is 15.0 Å². The maximum Gasteiger partial charge on any atom is 0.178 e. The van der Waals surface area contributed by atoms with Gasteiger partial charge in [-0.3, -0.25) is 4.98 Å². The van der Waals surface area contributed by atoms with Gasteiger partial charge in [0.25, 0.3) is 0 Å². The molecular weight excluding hydrogens is 325 g/mol. The third-order valence-electron chi connectivity index (χ3n) is 5.09. The number of nitrogens with zero attached hydrogens (tertiary/aromatic N) is 3. The Morgan fingerprint density at radius 3 is 2.27 bits per heavy atom. The summed E-state index contributed by atoms with van der Waals surface area (Å²) >= 11 is 0. The average Bonchev–Trinajstić information content (AvgIpc) is 3.49. The molecule has 26 heavy (non-hydrogen) atoms. The van der Waals surface area contributed by atoms with Crippen molar-refractivity contribution < 1.29 is 4.39 Å². The minimum atomic E-state index is -0.190. The smallest absolute Gasteiger partial charge is 0.178 e. The first-order valence-corrected chi connectivity index (χ1v) is 8.72. The van der Waals surface area contributed by atoms with Gasteiger partial charge in [0.1, 0.15) is 11.5 Å². The van der Waals surface area contributed by atoms with E-state index in [2.05, 4.69) is 28.2 Å². The monoisotopic (exact) mass is 341 g/mol. The number of hydrogen-bond donors (Lipinski definition) is 0.